The van der Waals surface area contributed by atoms with Gasteiger partial charge in [-0.3, -0.25) is 9.59 Å². The van der Waals surface area contributed by atoms with Gasteiger partial charge in [-0.15, -0.1) is 0 Å². The summed E-state index contributed by atoms with van der Waals surface area (Å²) < 4.78 is 34.0. The highest BCUT2D eigenvalue weighted by Gasteiger charge is 2.15. The minimum Gasteiger partial charge on any atom is -0.493 e. The fourth-order valence-corrected chi connectivity index (χ4v) is 2.69. The number of ether oxygens (including phenoxy) is 2. The van der Waals surface area contributed by atoms with Crippen LogP contribution in [0.5, 0.6) is 11.5 Å². The number of rotatable bonds is 10. The predicted molar refractivity (Wildman–Crippen MR) is 104 cm³/mol. The van der Waals surface area contributed by atoms with Crippen molar-refractivity contribution in [3.8, 4) is 11.5 Å². The molecule has 29 heavy (non-hydrogen) atoms. The number of aryl methyl sites for hydroxylation is 1. The molecule has 0 aromatic heterocycles. The number of hydrogen-bond donors (Lipinski definition) is 2. The van der Waals surface area contributed by atoms with Gasteiger partial charge in [0.1, 0.15) is 0 Å². The molecule has 2 N–H and O–H groups in total. The van der Waals surface area contributed by atoms with Crippen molar-refractivity contribution in [3.05, 3.63) is 59.7 Å². The van der Waals surface area contributed by atoms with Crippen molar-refractivity contribution >= 4 is 11.8 Å². The standard InChI is InChI=1S/C21H24F2N2O4/c1-14(8-9-15-6-4-3-5-7-15)25-19(26)13-24-20(27)16-10-11-17(29-21(22)23)18(12-16)28-2/h3-7,10-12,14,21H,8-9,13H2,1-2H3,(H,24,27)(H,25,26). The second-order valence-corrected chi connectivity index (χ2v) is 6.42. The smallest absolute Gasteiger partial charge is 0.387 e. The Morgan fingerprint density at radius 2 is 1.79 bits per heavy atom. The van der Waals surface area contributed by atoms with E-state index in [9.17, 15) is 18.4 Å². The molecule has 156 valence electrons. The monoisotopic (exact) mass is 406 g/mol. The molecule has 0 spiro atoms. The van der Waals surface area contributed by atoms with Crippen molar-refractivity contribution in [2.45, 2.75) is 32.4 Å². The second-order valence-electron chi connectivity index (χ2n) is 6.42. The number of carbonyl (C=O) groups excluding carboxylic acids is 2. The largest absolute Gasteiger partial charge is 0.493 e. The fourth-order valence-electron chi connectivity index (χ4n) is 2.69. The van der Waals surface area contributed by atoms with Crippen molar-refractivity contribution < 1.29 is 27.8 Å². The Balaban J connectivity index is 1.81. The Hall–Kier alpha value is -3.16. The first kappa shape index (κ1) is 22.1. The van der Waals surface area contributed by atoms with E-state index in [4.69, 9.17) is 4.74 Å². The van der Waals surface area contributed by atoms with Crippen molar-refractivity contribution in [2.75, 3.05) is 13.7 Å². The van der Waals surface area contributed by atoms with Crippen molar-refractivity contribution in [1.29, 1.82) is 0 Å². The van der Waals surface area contributed by atoms with Crippen LogP contribution in [0.4, 0.5) is 8.78 Å². The van der Waals surface area contributed by atoms with Gasteiger partial charge in [0.15, 0.2) is 11.5 Å². The number of benzene rings is 2. The van der Waals surface area contributed by atoms with Gasteiger partial charge < -0.3 is 20.1 Å². The molecular weight excluding hydrogens is 382 g/mol. The summed E-state index contributed by atoms with van der Waals surface area (Å²) in [6.45, 7) is -1.31. The van der Waals surface area contributed by atoms with Crippen molar-refractivity contribution in [3.63, 3.8) is 0 Å². The van der Waals surface area contributed by atoms with E-state index in [2.05, 4.69) is 15.4 Å². The van der Waals surface area contributed by atoms with Crippen LogP contribution in [0.2, 0.25) is 0 Å². The molecular formula is C21H24F2N2O4. The molecule has 1 atom stereocenters. The maximum atomic E-state index is 12.4. The molecule has 0 saturated carbocycles. The molecule has 0 aliphatic rings. The summed E-state index contributed by atoms with van der Waals surface area (Å²) in [6, 6.07) is 13.7. The zero-order chi connectivity index (χ0) is 21.2. The number of hydrogen-bond acceptors (Lipinski definition) is 4. The first-order chi connectivity index (χ1) is 13.9. The van der Waals surface area contributed by atoms with E-state index < -0.39 is 12.5 Å². The van der Waals surface area contributed by atoms with Gasteiger partial charge in [-0.1, -0.05) is 30.3 Å². The molecule has 0 aliphatic carbocycles. The highest BCUT2D eigenvalue weighted by molar-refractivity contribution is 5.97. The van der Waals surface area contributed by atoms with E-state index in [1.165, 1.54) is 30.9 Å². The van der Waals surface area contributed by atoms with Gasteiger partial charge in [-0.05, 0) is 43.5 Å². The molecule has 0 saturated heterocycles. The molecule has 2 aromatic rings. The molecule has 6 nitrogen and oxygen atoms in total. The van der Waals surface area contributed by atoms with Crippen molar-refractivity contribution in [1.82, 2.24) is 10.6 Å². The minimum absolute atomic E-state index is 0.00284. The Bertz CT molecular complexity index is 816. The number of halogens is 2. The van der Waals surface area contributed by atoms with Crippen LogP contribution in [0.1, 0.15) is 29.3 Å². The van der Waals surface area contributed by atoms with E-state index in [1.807, 2.05) is 37.3 Å². The lowest BCUT2D eigenvalue weighted by Crippen LogP contribution is -2.41. The zero-order valence-electron chi connectivity index (χ0n) is 16.3. The average Bonchev–Trinajstić information content (AvgIpc) is 2.71. The van der Waals surface area contributed by atoms with E-state index in [0.29, 0.717) is 0 Å². The number of nitrogens with one attached hydrogen (secondary N) is 2. The van der Waals surface area contributed by atoms with Crippen molar-refractivity contribution in [2.24, 2.45) is 0 Å². The predicted octanol–water partition coefficient (Wildman–Crippen LogP) is 3.16. The number of alkyl halides is 2. The quantitative estimate of drug-likeness (QED) is 0.636. The van der Waals surface area contributed by atoms with E-state index >= 15 is 0 Å². The molecule has 2 rings (SSSR count). The Labute approximate surface area is 168 Å². The molecule has 0 heterocycles. The molecule has 0 fully saturated rings. The van der Waals surface area contributed by atoms with Crippen LogP contribution in [0.3, 0.4) is 0 Å². The first-order valence-electron chi connectivity index (χ1n) is 9.13. The molecule has 0 bridgehead atoms. The van der Waals surface area contributed by atoms with Crippen LogP contribution in [0, 0.1) is 0 Å². The van der Waals surface area contributed by atoms with Crippen LogP contribution >= 0.6 is 0 Å². The normalized spacial score (nSPS) is 11.6. The summed E-state index contributed by atoms with van der Waals surface area (Å²) in [5.74, 6) is -1.02. The van der Waals surface area contributed by atoms with Gasteiger partial charge in [-0.25, -0.2) is 0 Å². The summed E-state index contributed by atoms with van der Waals surface area (Å²) in [4.78, 5) is 24.3. The van der Waals surface area contributed by atoms with Crippen LogP contribution in [-0.2, 0) is 11.2 Å². The lowest BCUT2D eigenvalue weighted by molar-refractivity contribution is -0.120. The lowest BCUT2D eigenvalue weighted by Gasteiger charge is -2.15. The van der Waals surface area contributed by atoms with Crippen LogP contribution in [-0.4, -0.2) is 38.1 Å². The van der Waals surface area contributed by atoms with Crippen LogP contribution in [0.15, 0.2) is 48.5 Å². The molecule has 8 heteroatoms. The summed E-state index contributed by atoms with van der Waals surface area (Å²) in [5.41, 5.74) is 1.35. The molecule has 0 aliphatic heterocycles. The van der Waals surface area contributed by atoms with Crippen LogP contribution < -0.4 is 20.1 Å². The highest BCUT2D eigenvalue weighted by atomic mass is 19.3. The molecule has 1 unspecified atom stereocenters. The van der Waals surface area contributed by atoms with Gasteiger partial charge in [0.05, 0.1) is 13.7 Å². The van der Waals surface area contributed by atoms with Gasteiger partial charge in [0.25, 0.3) is 5.91 Å². The number of methoxy groups -OCH3 is 1. The zero-order valence-corrected chi connectivity index (χ0v) is 16.3. The van der Waals surface area contributed by atoms with Gasteiger partial charge in [0, 0.05) is 11.6 Å². The molecule has 2 amide bonds. The summed E-state index contributed by atoms with van der Waals surface area (Å²) in [7, 11) is 1.28. The first-order valence-corrected chi connectivity index (χ1v) is 9.13. The molecule has 2 aromatic carbocycles. The molecule has 0 radical (unpaired) electrons. The Morgan fingerprint density at radius 1 is 1.07 bits per heavy atom. The Morgan fingerprint density at radius 3 is 2.45 bits per heavy atom. The SMILES string of the molecule is COc1cc(C(=O)NCC(=O)NC(C)CCc2ccccc2)ccc1OC(F)F. The third-order valence-electron chi connectivity index (χ3n) is 4.17. The van der Waals surface area contributed by atoms with E-state index in [-0.39, 0.29) is 35.6 Å². The second kappa shape index (κ2) is 11.0. The van der Waals surface area contributed by atoms with Gasteiger partial charge in [-0.2, -0.15) is 8.78 Å². The minimum atomic E-state index is -3.00. The lowest BCUT2D eigenvalue weighted by atomic mass is 10.1. The fraction of sp³-hybridized carbons (Fsp3) is 0.333. The van der Waals surface area contributed by atoms with Gasteiger partial charge >= 0.3 is 6.61 Å². The number of carbonyl (C=O) groups is 2. The van der Waals surface area contributed by atoms with Gasteiger partial charge in [0.2, 0.25) is 5.91 Å². The third kappa shape index (κ3) is 7.40. The van der Waals surface area contributed by atoms with E-state index in [1.54, 1.807) is 0 Å². The third-order valence-corrected chi connectivity index (χ3v) is 4.17. The Kier molecular flexibility index (Phi) is 8.39. The number of amides is 2. The average molecular weight is 406 g/mol. The highest BCUT2D eigenvalue weighted by Crippen LogP contribution is 2.29. The van der Waals surface area contributed by atoms with Crippen LogP contribution in [0.25, 0.3) is 0 Å². The summed E-state index contributed by atoms with van der Waals surface area (Å²) in [5, 5.41) is 5.32. The topological polar surface area (TPSA) is 76.7 Å². The van der Waals surface area contributed by atoms with E-state index in [0.717, 1.165) is 12.8 Å². The summed E-state index contributed by atoms with van der Waals surface area (Å²) in [6.07, 6.45) is 1.61. The maximum Gasteiger partial charge on any atom is 0.387 e. The maximum absolute atomic E-state index is 12.4. The summed E-state index contributed by atoms with van der Waals surface area (Å²) >= 11 is 0.